The van der Waals surface area contributed by atoms with E-state index in [-0.39, 0.29) is 13.4 Å². The summed E-state index contributed by atoms with van der Waals surface area (Å²) in [6.07, 6.45) is 0. The van der Waals surface area contributed by atoms with Gasteiger partial charge in [0.1, 0.15) is 11.5 Å². The molecule has 5 nitrogen and oxygen atoms in total. The van der Waals surface area contributed by atoms with Crippen molar-refractivity contribution in [3.63, 3.8) is 0 Å². The van der Waals surface area contributed by atoms with Crippen LogP contribution in [-0.4, -0.2) is 13.4 Å². The Hall–Kier alpha value is -13.0. The third kappa shape index (κ3) is 10.7. The fourth-order valence-electron chi connectivity index (χ4n) is 16.7. The minimum absolute atomic E-state index is 0.154. The molecular formula is C97H66B2N4OS. The zero-order valence-corrected chi connectivity index (χ0v) is 58.4. The van der Waals surface area contributed by atoms with Gasteiger partial charge >= 0.3 is 0 Å². The van der Waals surface area contributed by atoms with Crippen LogP contribution in [0, 0.1) is 6.92 Å². The summed E-state index contributed by atoms with van der Waals surface area (Å²) in [5.41, 5.74) is 33.0. The molecule has 0 unspecified atom stereocenters. The quantitative estimate of drug-likeness (QED) is 0.107. The molecule has 4 aliphatic rings. The molecule has 105 heavy (non-hydrogen) atoms. The number of nitrogens with zero attached hydrogens (tertiary/aromatic N) is 4. The molecule has 20 rings (SSSR count). The van der Waals surface area contributed by atoms with Crippen molar-refractivity contribution >= 4 is 126 Å². The molecule has 0 N–H and O–H groups in total. The van der Waals surface area contributed by atoms with Crippen molar-refractivity contribution in [1.29, 1.82) is 0 Å². The fourth-order valence-corrected chi connectivity index (χ4v) is 17.9. The smallest absolute Gasteiger partial charge is 0.253 e. The van der Waals surface area contributed by atoms with Gasteiger partial charge in [0.05, 0.1) is 17.1 Å². The predicted octanol–water partition coefficient (Wildman–Crippen LogP) is 22.4. The van der Waals surface area contributed by atoms with Crippen LogP contribution in [0.1, 0.15) is 5.56 Å². The summed E-state index contributed by atoms with van der Waals surface area (Å²) in [4.78, 5) is 12.4. The fraction of sp³-hybridized carbons (Fsp3) is 0.0103. The number of benzene rings is 16. The number of hydrogen-bond donors (Lipinski definition) is 0. The molecule has 8 heteroatoms. The van der Waals surface area contributed by atoms with Gasteiger partial charge in [0.2, 0.25) is 0 Å². The van der Waals surface area contributed by atoms with E-state index < -0.39 is 0 Å². The Morgan fingerprint density at radius 3 is 1.30 bits per heavy atom. The summed E-state index contributed by atoms with van der Waals surface area (Å²) in [7, 11) is 0. The van der Waals surface area contributed by atoms with Crippen LogP contribution < -0.4 is 57.1 Å². The average Bonchev–Trinajstić information content (AvgIpc) is 0.686. The summed E-state index contributed by atoms with van der Waals surface area (Å²) in [5.74, 6) is 1.72. The van der Waals surface area contributed by atoms with Crippen LogP contribution >= 0.6 is 11.8 Å². The van der Waals surface area contributed by atoms with Crippen molar-refractivity contribution in [3.8, 4) is 67.1 Å². The van der Waals surface area contributed by atoms with Gasteiger partial charge in [-0.2, -0.15) is 0 Å². The Kier molecular flexibility index (Phi) is 15.2. The van der Waals surface area contributed by atoms with Crippen LogP contribution in [0.2, 0.25) is 0 Å². The highest BCUT2D eigenvalue weighted by Crippen LogP contribution is 2.53. The van der Waals surface area contributed by atoms with E-state index in [1.807, 2.05) is 11.8 Å². The summed E-state index contributed by atoms with van der Waals surface area (Å²) < 4.78 is 7.33. The first kappa shape index (κ1) is 61.8. The predicted molar refractivity (Wildman–Crippen MR) is 443 cm³/mol. The van der Waals surface area contributed by atoms with Gasteiger partial charge in [-0.15, -0.1) is 0 Å². The normalized spacial score (nSPS) is 12.6. The van der Waals surface area contributed by atoms with Crippen molar-refractivity contribution in [2.45, 2.75) is 16.7 Å². The molecular weight excluding hydrogens is 1290 g/mol. The summed E-state index contributed by atoms with van der Waals surface area (Å²) in [6.45, 7) is 1.95. The lowest BCUT2D eigenvalue weighted by atomic mass is 9.31. The monoisotopic (exact) mass is 1360 g/mol. The molecule has 4 heterocycles. The zero-order chi connectivity index (χ0) is 69.5. The first-order valence-electron chi connectivity index (χ1n) is 36.1. The molecule has 0 aliphatic carbocycles. The minimum atomic E-state index is -0.196. The molecule has 0 aromatic heterocycles. The Labute approximate surface area is 618 Å². The Morgan fingerprint density at radius 1 is 0.267 bits per heavy atom. The third-order valence-electron chi connectivity index (χ3n) is 21.4. The van der Waals surface area contributed by atoms with Gasteiger partial charge in [0, 0.05) is 72.6 Å². The summed E-state index contributed by atoms with van der Waals surface area (Å²) in [6, 6.07) is 141. The second-order valence-electron chi connectivity index (χ2n) is 27.5. The van der Waals surface area contributed by atoms with Crippen LogP contribution in [0.5, 0.6) is 11.5 Å². The van der Waals surface area contributed by atoms with Crippen molar-refractivity contribution in [3.05, 3.63) is 388 Å². The number of anilines is 12. The van der Waals surface area contributed by atoms with Gasteiger partial charge in [0.25, 0.3) is 13.4 Å². The average molecular weight is 1360 g/mol. The molecule has 0 atom stereocenters. The van der Waals surface area contributed by atoms with Gasteiger partial charge < -0.3 is 24.3 Å². The third-order valence-corrected chi connectivity index (χ3v) is 22.5. The first-order valence-corrected chi connectivity index (χ1v) is 36.9. The number of fused-ring (bicyclic) bond motifs is 8. The van der Waals surface area contributed by atoms with Crippen LogP contribution in [0.25, 0.3) is 55.6 Å². The van der Waals surface area contributed by atoms with Gasteiger partial charge in [-0.25, -0.2) is 0 Å². The largest absolute Gasteiger partial charge is 0.458 e. The maximum absolute atomic E-state index is 7.33. The van der Waals surface area contributed by atoms with E-state index in [0.29, 0.717) is 0 Å². The Balaban J connectivity index is 0.843. The molecule has 492 valence electrons. The van der Waals surface area contributed by atoms with Crippen LogP contribution in [0.4, 0.5) is 68.2 Å². The van der Waals surface area contributed by atoms with Crippen molar-refractivity contribution in [1.82, 2.24) is 0 Å². The highest BCUT2D eigenvalue weighted by atomic mass is 32.2. The van der Waals surface area contributed by atoms with E-state index in [0.717, 1.165) is 140 Å². The number of ether oxygens (including phenoxy) is 1. The molecule has 16 aromatic rings. The van der Waals surface area contributed by atoms with Crippen molar-refractivity contribution < 1.29 is 4.74 Å². The topological polar surface area (TPSA) is 22.2 Å². The van der Waals surface area contributed by atoms with Crippen molar-refractivity contribution in [2.75, 3.05) is 19.6 Å². The van der Waals surface area contributed by atoms with Gasteiger partial charge in [-0.1, -0.05) is 296 Å². The van der Waals surface area contributed by atoms with E-state index in [9.17, 15) is 0 Å². The second kappa shape index (κ2) is 25.8. The SMILES string of the molecule is Cc1cccc(-c2ccccc2)c1N1c2cc3c(cc2B2c4ccccc4N(c4ccccc4)c4cc(N(c5ccc(-c6ccccc6)cc5)c5cccc(-c6ccccc6)c5)cc1c42)B1c2ccccc2Oc2cc(N(c4ccc(-c5ccccc5)cc4)c4cccc(-c5ccccc5)c4)cc(c21)S3. The summed E-state index contributed by atoms with van der Waals surface area (Å²) in [5, 5.41) is 0. The van der Waals surface area contributed by atoms with E-state index >= 15 is 0 Å². The molecule has 16 aromatic carbocycles. The molecule has 0 spiro atoms. The van der Waals surface area contributed by atoms with Crippen LogP contribution in [-0.2, 0) is 0 Å². The minimum Gasteiger partial charge on any atom is -0.458 e. The first-order chi connectivity index (χ1) is 52.0. The second-order valence-corrected chi connectivity index (χ2v) is 28.6. The molecule has 0 radical (unpaired) electrons. The molecule has 4 aliphatic heterocycles. The van der Waals surface area contributed by atoms with Crippen LogP contribution in [0.3, 0.4) is 0 Å². The maximum Gasteiger partial charge on any atom is 0.253 e. The standard InChI is InChI=1S/C97H66B2N4OS/c1-65-27-24-44-82(72-36-16-6-17-37-72)97(65)103-88-64-93-86(99-84-46-21-23-48-91(84)104-92-61-81(62-94(105-93)96(92)99)101(77-55-51-71(52-56-77)67-30-10-3-11-31-67)79-43-26-39-74(58-79)69-34-14-5-15-35-69)63-85(88)98-83-45-20-22-47-87(83)102(75-40-18-7-19-41-75)89-59-80(60-90(103)95(89)98)100(76-53-49-70(50-54-76)66-28-8-2-9-29-66)78-42-25-38-73(57-78)68-32-12-4-13-33-68/h2-64H,1H3. The summed E-state index contributed by atoms with van der Waals surface area (Å²) >= 11 is 1.86. The molecule has 0 saturated heterocycles. The van der Waals surface area contributed by atoms with Gasteiger partial charge in [-0.05, 0) is 187 Å². The highest BCUT2D eigenvalue weighted by Gasteiger charge is 2.48. The van der Waals surface area contributed by atoms with E-state index in [4.69, 9.17) is 4.74 Å². The van der Waals surface area contributed by atoms with E-state index in [1.54, 1.807) is 0 Å². The number of rotatable bonds is 13. The zero-order valence-electron chi connectivity index (χ0n) is 57.6. The molecule has 0 fully saturated rings. The molecule has 0 saturated carbocycles. The molecule has 0 bridgehead atoms. The number of aryl methyl sites for hydroxylation is 1. The molecule has 0 amide bonds. The van der Waals surface area contributed by atoms with Crippen molar-refractivity contribution in [2.24, 2.45) is 0 Å². The van der Waals surface area contributed by atoms with Gasteiger partial charge in [-0.3, -0.25) is 0 Å². The van der Waals surface area contributed by atoms with E-state index in [2.05, 4.69) is 409 Å². The highest BCUT2D eigenvalue weighted by molar-refractivity contribution is 8.00. The van der Waals surface area contributed by atoms with E-state index in [1.165, 1.54) is 43.3 Å². The lowest BCUT2D eigenvalue weighted by molar-refractivity contribution is 0.486. The number of hydrogen-bond acceptors (Lipinski definition) is 6. The Morgan fingerprint density at radius 2 is 0.724 bits per heavy atom. The lowest BCUT2D eigenvalue weighted by Gasteiger charge is -2.46. The Bertz CT molecular complexity index is 6010. The van der Waals surface area contributed by atoms with Crippen LogP contribution in [0.15, 0.2) is 392 Å². The van der Waals surface area contributed by atoms with Gasteiger partial charge in [0.15, 0.2) is 0 Å². The number of para-hydroxylation sites is 4. The lowest BCUT2D eigenvalue weighted by Crippen LogP contribution is -2.64. The maximum atomic E-state index is 7.33.